The Labute approximate surface area is 158 Å². The van der Waals surface area contributed by atoms with Gasteiger partial charge < -0.3 is 5.32 Å². The lowest BCUT2D eigenvalue weighted by Gasteiger charge is -2.23. The highest BCUT2D eigenvalue weighted by Crippen LogP contribution is 2.33. The van der Waals surface area contributed by atoms with Crippen LogP contribution < -0.4 is 5.32 Å². The minimum Gasteiger partial charge on any atom is -0.346 e. The maximum absolute atomic E-state index is 12.7. The van der Waals surface area contributed by atoms with Crippen LogP contribution in [0.25, 0.3) is 0 Å². The molecule has 3 heterocycles. The Morgan fingerprint density at radius 1 is 1.19 bits per heavy atom. The Balaban J connectivity index is 1.82. The number of fused-ring (bicyclic) bond motifs is 1. The van der Waals surface area contributed by atoms with Crippen LogP contribution in [0.4, 0.5) is 5.82 Å². The van der Waals surface area contributed by atoms with Gasteiger partial charge in [-0.25, -0.2) is 18.1 Å². The fourth-order valence-corrected chi connectivity index (χ4v) is 5.12. The van der Waals surface area contributed by atoms with Crippen LogP contribution in [0.1, 0.15) is 47.4 Å². The molecule has 1 amide bonds. The number of benzene rings is 1. The summed E-state index contributed by atoms with van der Waals surface area (Å²) >= 11 is 0. The zero-order valence-electron chi connectivity index (χ0n) is 15.2. The zero-order chi connectivity index (χ0) is 19.0. The minimum atomic E-state index is -2.97. The maximum Gasteiger partial charge on any atom is 0.257 e. The fraction of sp³-hybridized carbons (Fsp3) is 0.421. The van der Waals surface area contributed by atoms with Crippen molar-refractivity contribution in [1.29, 1.82) is 0 Å². The number of aliphatic imine (C=N–C) groups is 1. The van der Waals surface area contributed by atoms with Crippen LogP contribution >= 0.6 is 0 Å². The van der Waals surface area contributed by atoms with E-state index in [-0.39, 0.29) is 23.5 Å². The van der Waals surface area contributed by atoms with Crippen molar-refractivity contribution in [2.24, 2.45) is 4.99 Å². The van der Waals surface area contributed by atoms with Gasteiger partial charge in [-0.1, -0.05) is 37.3 Å². The topological polar surface area (TPSA) is 93.4 Å². The number of rotatable bonds is 3. The van der Waals surface area contributed by atoms with Crippen LogP contribution in [0.15, 0.2) is 35.3 Å². The molecule has 4 rings (SSSR count). The molecule has 1 aromatic carbocycles. The van der Waals surface area contributed by atoms with Crippen LogP contribution in [0.2, 0.25) is 0 Å². The summed E-state index contributed by atoms with van der Waals surface area (Å²) in [5.74, 6) is 0.668. The largest absolute Gasteiger partial charge is 0.346 e. The second kappa shape index (κ2) is 6.92. The summed E-state index contributed by atoms with van der Waals surface area (Å²) in [6.45, 7) is 2.30. The van der Waals surface area contributed by atoms with Crippen molar-refractivity contribution in [3.05, 3.63) is 47.2 Å². The van der Waals surface area contributed by atoms with E-state index < -0.39 is 9.84 Å². The van der Waals surface area contributed by atoms with E-state index in [4.69, 9.17) is 4.99 Å². The molecule has 1 N–H and O–H groups in total. The average molecular weight is 386 g/mol. The molecule has 7 nitrogen and oxygen atoms in total. The first-order valence-electron chi connectivity index (χ1n) is 9.21. The van der Waals surface area contributed by atoms with E-state index in [0.29, 0.717) is 42.9 Å². The molecule has 0 radical (unpaired) electrons. The van der Waals surface area contributed by atoms with Gasteiger partial charge in [0.2, 0.25) is 0 Å². The molecule has 0 atom stereocenters. The van der Waals surface area contributed by atoms with Gasteiger partial charge in [-0.05, 0) is 24.8 Å². The van der Waals surface area contributed by atoms with Crippen molar-refractivity contribution in [1.82, 2.24) is 15.1 Å². The molecule has 0 bridgehead atoms. The monoisotopic (exact) mass is 386 g/mol. The molecule has 1 fully saturated rings. The summed E-state index contributed by atoms with van der Waals surface area (Å²) < 4.78 is 25.4. The predicted molar refractivity (Wildman–Crippen MR) is 104 cm³/mol. The number of carbonyl (C=O) groups is 1. The normalized spacial score (nSPS) is 19.7. The summed E-state index contributed by atoms with van der Waals surface area (Å²) in [6, 6.07) is 9.68. The van der Waals surface area contributed by atoms with Crippen molar-refractivity contribution >= 4 is 27.3 Å². The molecule has 8 heteroatoms. The molecule has 0 saturated carbocycles. The Kier molecular flexibility index (Phi) is 4.59. The van der Waals surface area contributed by atoms with Crippen LogP contribution in [0, 0.1) is 0 Å². The lowest BCUT2D eigenvalue weighted by Crippen LogP contribution is -2.28. The number of hydrogen-bond acceptors (Lipinski definition) is 5. The lowest BCUT2D eigenvalue weighted by molar-refractivity contribution is 0.0960. The van der Waals surface area contributed by atoms with E-state index in [9.17, 15) is 13.2 Å². The smallest absolute Gasteiger partial charge is 0.257 e. The number of carbonyl (C=O) groups excluding carboxylic acids is 1. The highest BCUT2D eigenvalue weighted by Gasteiger charge is 2.32. The molecule has 2 aliphatic rings. The molecule has 2 aliphatic heterocycles. The van der Waals surface area contributed by atoms with E-state index in [2.05, 4.69) is 10.4 Å². The van der Waals surface area contributed by atoms with E-state index in [1.54, 1.807) is 4.68 Å². The molecular weight excluding hydrogens is 364 g/mol. The highest BCUT2D eigenvalue weighted by atomic mass is 32.2. The molecule has 0 unspecified atom stereocenters. The Hall–Kier alpha value is -2.48. The Bertz CT molecular complexity index is 995. The van der Waals surface area contributed by atoms with Crippen LogP contribution in [-0.2, 0) is 16.3 Å². The summed E-state index contributed by atoms with van der Waals surface area (Å²) in [5.41, 5.74) is 2.93. The number of aryl methyl sites for hydroxylation is 1. The van der Waals surface area contributed by atoms with E-state index in [0.717, 1.165) is 11.3 Å². The number of nitrogens with zero attached hydrogens (tertiary/aromatic N) is 3. The average Bonchev–Trinajstić information content (AvgIpc) is 2.94. The fourth-order valence-electron chi connectivity index (χ4n) is 3.65. The first-order valence-corrected chi connectivity index (χ1v) is 11.0. The summed E-state index contributed by atoms with van der Waals surface area (Å²) in [7, 11) is -2.97. The van der Waals surface area contributed by atoms with Crippen molar-refractivity contribution < 1.29 is 13.2 Å². The van der Waals surface area contributed by atoms with Crippen LogP contribution in [-0.4, -0.2) is 47.9 Å². The van der Waals surface area contributed by atoms with Gasteiger partial charge in [0.15, 0.2) is 5.82 Å². The van der Waals surface area contributed by atoms with Crippen molar-refractivity contribution in [2.75, 3.05) is 18.1 Å². The van der Waals surface area contributed by atoms with Gasteiger partial charge in [0, 0.05) is 0 Å². The van der Waals surface area contributed by atoms with Crippen LogP contribution in [0.5, 0.6) is 0 Å². The van der Waals surface area contributed by atoms with Gasteiger partial charge in [0.1, 0.15) is 15.4 Å². The first-order chi connectivity index (χ1) is 13.0. The zero-order valence-corrected chi connectivity index (χ0v) is 16.0. The first kappa shape index (κ1) is 17.9. The molecule has 2 aromatic rings. The van der Waals surface area contributed by atoms with Gasteiger partial charge in [-0.2, -0.15) is 5.10 Å². The molecular formula is C19H22N4O3S. The Morgan fingerprint density at radius 2 is 1.89 bits per heavy atom. The van der Waals surface area contributed by atoms with Gasteiger partial charge in [0.05, 0.1) is 35.5 Å². The van der Waals surface area contributed by atoms with Gasteiger partial charge in [-0.3, -0.25) is 4.79 Å². The van der Waals surface area contributed by atoms with Crippen molar-refractivity contribution in [2.45, 2.75) is 32.2 Å². The molecule has 1 aromatic heterocycles. The number of hydrogen-bond donors (Lipinski definition) is 1. The predicted octanol–water partition coefficient (Wildman–Crippen LogP) is 2.06. The van der Waals surface area contributed by atoms with Crippen molar-refractivity contribution in [3.63, 3.8) is 0 Å². The lowest BCUT2D eigenvalue weighted by atomic mass is 10.1. The summed E-state index contributed by atoms with van der Waals surface area (Å²) in [6.07, 6.45) is 1.61. The van der Waals surface area contributed by atoms with Gasteiger partial charge in [0.25, 0.3) is 5.91 Å². The van der Waals surface area contributed by atoms with E-state index in [1.807, 2.05) is 37.3 Å². The summed E-state index contributed by atoms with van der Waals surface area (Å²) in [4.78, 5) is 17.6. The van der Waals surface area contributed by atoms with E-state index in [1.165, 1.54) is 0 Å². The standard InChI is InChI=1S/C19H22N4O3S/c1-2-15-17-18(23(22-15)14-8-10-27(25,26)11-9-14)21-16(12-20-19(17)24)13-6-4-3-5-7-13/h3-7,14H,2,8-12H2,1H3,(H,20,24). The third-order valence-corrected chi connectivity index (χ3v) is 6.87. The van der Waals surface area contributed by atoms with E-state index >= 15 is 0 Å². The molecule has 1 saturated heterocycles. The number of nitrogens with one attached hydrogen (secondary N) is 1. The summed E-state index contributed by atoms with van der Waals surface area (Å²) in [5, 5.41) is 7.59. The molecule has 0 spiro atoms. The second-order valence-corrected chi connectivity index (χ2v) is 9.24. The third kappa shape index (κ3) is 3.41. The maximum atomic E-state index is 12.7. The van der Waals surface area contributed by atoms with Gasteiger partial charge >= 0.3 is 0 Å². The molecule has 0 aliphatic carbocycles. The molecule has 27 heavy (non-hydrogen) atoms. The molecule has 142 valence electrons. The van der Waals surface area contributed by atoms with Crippen LogP contribution in [0.3, 0.4) is 0 Å². The second-order valence-electron chi connectivity index (χ2n) is 6.93. The number of aromatic nitrogens is 2. The highest BCUT2D eigenvalue weighted by molar-refractivity contribution is 7.91. The number of sulfone groups is 1. The SMILES string of the molecule is CCc1nn(C2CCS(=O)(=O)CC2)c2c1C(=O)NCC(c1ccccc1)=N2. The number of amides is 1. The van der Waals surface area contributed by atoms with Crippen molar-refractivity contribution in [3.8, 4) is 0 Å². The third-order valence-electron chi connectivity index (χ3n) is 5.15. The minimum absolute atomic E-state index is 0.0609. The van der Waals surface area contributed by atoms with Gasteiger partial charge in [-0.15, -0.1) is 0 Å². The quantitative estimate of drug-likeness (QED) is 0.874. The Morgan fingerprint density at radius 3 is 2.56 bits per heavy atom.